The molecule has 0 aliphatic carbocycles. The molecule has 0 bridgehead atoms. The number of carbonyl (C=O) groups is 1. The summed E-state index contributed by atoms with van der Waals surface area (Å²) in [5.74, 6) is -4.64. The van der Waals surface area contributed by atoms with Crippen molar-refractivity contribution in [3.05, 3.63) is 34.4 Å². The molecule has 1 aromatic carbocycles. The van der Waals surface area contributed by atoms with E-state index in [1.54, 1.807) is 0 Å². The number of ether oxygens (including phenoxy) is 1. The number of nitro benzene ring substituents is 1. The third kappa shape index (κ3) is 4.19. The summed E-state index contributed by atoms with van der Waals surface area (Å²) in [6, 6.07) is 3.67. The van der Waals surface area contributed by atoms with Crippen LogP contribution in [0, 0.1) is 10.1 Å². The highest BCUT2D eigenvalue weighted by Gasteiger charge is 2.37. The number of esters is 1. The highest BCUT2D eigenvalue weighted by Crippen LogP contribution is 2.18. The Morgan fingerprint density at radius 1 is 1.33 bits per heavy atom. The normalized spacial score (nSPS) is 12.0. The summed E-state index contributed by atoms with van der Waals surface area (Å²) < 4.78 is 31.8. The number of nitro groups is 1. The van der Waals surface area contributed by atoms with E-state index in [1.807, 2.05) is 0 Å². The maximum Gasteiger partial charge on any atom is 0.368 e. The van der Waals surface area contributed by atoms with Crippen LogP contribution in [0.15, 0.2) is 29.2 Å². The van der Waals surface area contributed by atoms with Gasteiger partial charge in [0.2, 0.25) is 0 Å². The van der Waals surface area contributed by atoms with Crippen molar-refractivity contribution in [2.45, 2.75) is 10.7 Å². The summed E-state index contributed by atoms with van der Waals surface area (Å²) in [5.41, 5.74) is -0.331. The van der Waals surface area contributed by atoms with Gasteiger partial charge in [0, 0.05) is 12.1 Å². The summed E-state index contributed by atoms with van der Waals surface area (Å²) in [5, 5.41) is 28.9. The van der Waals surface area contributed by atoms with Crippen molar-refractivity contribution in [2.24, 2.45) is 0 Å². The minimum atomic E-state index is -4.43. The van der Waals surface area contributed by atoms with Crippen LogP contribution in [0.4, 0.5) is 5.69 Å². The SMILES string of the molecule is COC(=O)C(O)(O)COS(=O)(=O)c1ccc([N+](=O)[O-])cc1. The van der Waals surface area contributed by atoms with Crippen LogP contribution in [0.1, 0.15) is 0 Å². The van der Waals surface area contributed by atoms with E-state index >= 15 is 0 Å². The average Bonchev–Trinajstić information content (AvgIpc) is 2.44. The molecule has 2 N–H and O–H groups in total. The van der Waals surface area contributed by atoms with Gasteiger partial charge in [0.25, 0.3) is 21.6 Å². The van der Waals surface area contributed by atoms with Gasteiger partial charge in [-0.15, -0.1) is 0 Å². The molecule has 0 aliphatic heterocycles. The fourth-order valence-corrected chi connectivity index (χ4v) is 2.11. The van der Waals surface area contributed by atoms with Crippen LogP contribution < -0.4 is 0 Å². The summed E-state index contributed by atoms with van der Waals surface area (Å²) in [7, 11) is -3.56. The molecule has 0 saturated carbocycles. The molecular formula is C10H11NO9S. The van der Waals surface area contributed by atoms with Gasteiger partial charge in [0.05, 0.1) is 16.9 Å². The van der Waals surface area contributed by atoms with Crippen LogP contribution in [-0.2, 0) is 23.8 Å². The lowest BCUT2D eigenvalue weighted by atomic mass is 10.3. The smallest absolute Gasteiger partial charge is 0.368 e. The molecule has 0 atom stereocenters. The molecule has 10 nitrogen and oxygen atoms in total. The Hall–Kier alpha value is -2.08. The number of methoxy groups -OCH3 is 1. The molecular weight excluding hydrogens is 310 g/mol. The highest BCUT2D eigenvalue weighted by molar-refractivity contribution is 7.86. The monoisotopic (exact) mass is 321 g/mol. The Kier molecular flexibility index (Phi) is 4.96. The van der Waals surface area contributed by atoms with Crippen molar-refractivity contribution < 1.29 is 37.3 Å². The topological polar surface area (TPSA) is 153 Å². The number of rotatable bonds is 6. The lowest BCUT2D eigenvalue weighted by Gasteiger charge is -2.17. The Bertz CT molecular complexity index is 635. The molecule has 11 heteroatoms. The molecule has 0 spiro atoms. The van der Waals surface area contributed by atoms with Crippen molar-refractivity contribution >= 4 is 21.8 Å². The van der Waals surface area contributed by atoms with Crippen molar-refractivity contribution in [3.8, 4) is 0 Å². The Labute approximate surface area is 118 Å². The van der Waals surface area contributed by atoms with Gasteiger partial charge in [-0.2, -0.15) is 8.42 Å². The Morgan fingerprint density at radius 2 is 1.86 bits per heavy atom. The van der Waals surface area contributed by atoms with Gasteiger partial charge in [0.1, 0.15) is 6.61 Å². The number of benzene rings is 1. The number of hydrogen-bond donors (Lipinski definition) is 2. The summed E-state index contributed by atoms with van der Waals surface area (Å²) in [6.45, 7) is -1.29. The maximum atomic E-state index is 11.7. The lowest BCUT2D eigenvalue weighted by molar-refractivity contribution is -0.384. The van der Waals surface area contributed by atoms with Crippen LogP contribution in [-0.4, -0.2) is 49.0 Å². The van der Waals surface area contributed by atoms with Gasteiger partial charge >= 0.3 is 5.97 Å². The maximum absolute atomic E-state index is 11.7. The van der Waals surface area contributed by atoms with E-state index in [0.717, 1.165) is 31.4 Å². The zero-order chi connectivity index (χ0) is 16.3. The predicted molar refractivity (Wildman–Crippen MR) is 65.4 cm³/mol. The standard InChI is InChI=1S/C10H11NO9S/c1-19-9(12)10(13,14)6-20-21(17,18)8-4-2-7(3-5-8)11(15)16/h2-5,13-14H,6H2,1H3. The van der Waals surface area contributed by atoms with Gasteiger partial charge < -0.3 is 14.9 Å². The van der Waals surface area contributed by atoms with Gasteiger partial charge in [-0.05, 0) is 12.1 Å². The largest absolute Gasteiger partial charge is 0.465 e. The van der Waals surface area contributed by atoms with Crippen molar-refractivity contribution in [1.29, 1.82) is 0 Å². The molecule has 0 amide bonds. The number of aliphatic hydroxyl groups is 2. The van der Waals surface area contributed by atoms with Crippen LogP contribution >= 0.6 is 0 Å². The minimum Gasteiger partial charge on any atom is -0.465 e. The second-order valence-electron chi connectivity index (χ2n) is 3.78. The first-order chi connectivity index (χ1) is 9.60. The average molecular weight is 321 g/mol. The zero-order valence-corrected chi connectivity index (χ0v) is 11.4. The van der Waals surface area contributed by atoms with Crippen molar-refractivity contribution in [3.63, 3.8) is 0 Å². The molecule has 21 heavy (non-hydrogen) atoms. The van der Waals surface area contributed by atoms with E-state index in [1.165, 1.54) is 0 Å². The van der Waals surface area contributed by atoms with Crippen LogP contribution in [0.3, 0.4) is 0 Å². The van der Waals surface area contributed by atoms with Gasteiger partial charge in [-0.25, -0.2) is 4.79 Å². The predicted octanol–water partition coefficient (Wildman–Crippen LogP) is -0.846. The van der Waals surface area contributed by atoms with Gasteiger partial charge in [-0.3, -0.25) is 14.3 Å². The summed E-state index contributed by atoms with van der Waals surface area (Å²) in [4.78, 5) is 20.2. The second kappa shape index (κ2) is 6.13. The number of carbonyl (C=O) groups excluding carboxylic acids is 1. The minimum absolute atomic E-state index is 0.331. The third-order valence-corrected chi connectivity index (χ3v) is 3.54. The molecule has 116 valence electrons. The van der Waals surface area contributed by atoms with E-state index < -0.39 is 38.3 Å². The van der Waals surface area contributed by atoms with E-state index in [9.17, 15) is 33.5 Å². The van der Waals surface area contributed by atoms with Gasteiger partial charge in [0.15, 0.2) is 0 Å². The van der Waals surface area contributed by atoms with Crippen LogP contribution in [0.5, 0.6) is 0 Å². The van der Waals surface area contributed by atoms with Crippen molar-refractivity contribution in [1.82, 2.24) is 0 Å². The molecule has 1 aromatic rings. The molecule has 1 rings (SSSR count). The highest BCUT2D eigenvalue weighted by atomic mass is 32.2. The molecule has 0 aliphatic rings. The fourth-order valence-electron chi connectivity index (χ4n) is 1.18. The fraction of sp³-hybridized carbons (Fsp3) is 0.300. The summed E-state index contributed by atoms with van der Waals surface area (Å²) >= 11 is 0. The first-order valence-electron chi connectivity index (χ1n) is 5.27. The molecule has 0 saturated heterocycles. The Morgan fingerprint density at radius 3 is 2.29 bits per heavy atom. The lowest BCUT2D eigenvalue weighted by Crippen LogP contribution is -2.44. The molecule has 0 unspecified atom stereocenters. The number of non-ortho nitro benzene ring substituents is 1. The second-order valence-corrected chi connectivity index (χ2v) is 5.39. The third-order valence-electron chi connectivity index (χ3n) is 2.26. The van der Waals surface area contributed by atoms with E-state index in [2.05, 4.69) is 8.92 Å². The van der Waals surface area contributed by atoms with Gasteiger partial charge in [-0.1, -0.05) is 0 Å². The molecule has 0 aromatic heterocycles. The van der Waals surface area contributed by atoms with E-state index in [4.69, 9.17) is 0 Å². The quantitative estimate of drug-likeness (QED) is 0.224. The first kappa shape index (κ1) is 17.0. The van der Waals surface area contributed by atoms with E-state index in [-0.39, 0.29) is 5.69 Å². The van der Waals surface area contributed by atoms with E-state index in [0.29, 0.717) is 0 Å². The Balaban J connectivity index is 2.87. The molecule has 0 heterocycles. The summed E-state index contributed by atoms with van der Waals surface area (Å²) in [6.07, 6.45) is 0. The number of hydrogen-bond acceptors (Lipinski definition) is 9. The first-order valence-corrected chi connectivity index (χ1v) is 6.68. The molecule has 0 radical (unpaired) electrons. The van der Waals surface area contributed by atoms with Crippen LogP contribution in [0.2, 0.25) is 0 Å². The van der Waals surface area contributed by atoms with Crippen molar-refractivity contribution in [2.75, 3.05) is 13.7 Å². The zero-order valence-electron chi connectivity index (χ0n) is 10.6. The number of nitrogens with zero attached hydrogens (tertiary/aromatic N) is 1. The van der Waals surface area contributed by atoms with Crippen LogP contribution in [0.25, 0.3) is 0 Å². The molecule has 0 fully saturated rings.